The highest BCUT2D eigenvalue weighted by Gasteiger charge is 2.33. The van der Waals surface area contributed by atoms with Crippen LogP contribution in [-0.2, 0) is 0 Å². The highest BCUT2D eigenvalue weighted by Crippen LogP contribution is 2.41. The Morgan fingerprint density at radius 1 is 1.04 bits per heavy atom. The molecule has 3 aromatic rings. The van der Waals surface area contributed by atoms with E-state index < -0.39 is 17.6 Å². The number of benzene rings is 1. The van der Waals surface area contributed by atoms with Crippen LogP contribution in [-0.4, -0.2) is 26.2 Å². The molecule has 0 atom stereocenters. The second kappa shape index (κ2) is 7.04. The van der Waals surface area contributed by atoms with Crippen LogP contribution in [0.15, 0.2) is 53.8 Å². The van der Waals surface area contributed by atoms with E-state index in [9.17, 15) is 26.3 Å². The normalized spacial score (nSPS) is 12.4. The molecule has 0 spiro atoms. The summed E-state index contributed by atoms with van der Waals surface area (Å²) in [7, 11) is 0. The van der Waals surface area contributed by atoms with Crippen molar-refractivity contribution in [2.45, 2.75) is 16.8 Å². The van der Waals surface area contributed by atoms with E-state index >= 15 is 0 Å². The van der Waals surface area contributed by atoms with E-state index in [0.717, 1.165) is 23.0 Å². The van der Waals surface area contributed by atoms with E-state index in [2.05, 4.69) is 9.84 Å². The average molecular weight is 428 g/mol. The Bertz CT molecular complexity index is 936. The largest absolute Gasteiger partial charge is 0.573 e. The molecule has 12 heteroatoms. The minimum absolute atomic E-state index is 0.0358. The highest BCUT2D eigenvalue weighted by molar-refractivity contribution is 8.00. The molecule has 0 amide bonds. The van der Waals surface area contributed by atoms with Gasteiger partial charge in [-0.2, -0.15) is 18.3 Å². The molecule has 0 aliphatic rings. The van der Waals surface area contributed by atoms with Gasteiger partial charge in [-0.05, 0) is 36.0 Å². The lowest BCUT2D eigenvalue weighted by Gasteiger charge is -2.14. The van der Waals surface area contributed by atoms with E-state index in [4.69, 9.17) is 11.6 Å². The van der Waals surface area contributed by atoms with Gasteiger partial charge in [0.25, 0.3) is 0 Å². The quantitative estimate of drug-likeness (QED) is 0.388. The van der Waals surface area contributed by atoms with E-state index in [1.807, 2.05) is 0 Å². The van der Waals surface area contributed by atoms with E-state index in [-0.39, 0.29) is 33.2 Å². The molecule has 144 valence electrons. The summed E-state index contributed by atoms with van der Waals surface area (Å²) < 4.78 is 81.7. The maximum absolute atomic E-state index is 12.8. The fraction of sp³-hybridized carbons (Fsp3) is 0.133. The summed E-state index contributed by atoms with van der Waals surface area (Å²) in [4.78, 5) is -0.203. The summed E-state index contributed by atoms with van der Waals surface area (Å²) in [5.74, 6) is -0.524. The third-order valence-electron chi connectivity index (χ3n) is 3.17. The van der Waals surface area contributed by atoms with Crippen molar-refractivity contribution in [2.75, 3.05) is 0 Å². The van der Waals surface area contributed by atoms with Gasteiger partial charge in [-0.25, -0.2) is 4.68 Å². The zero-order valence-corrected chi connectivity index (χ0v) is 14.5. The zero-order chi connectivity index (χ0) is 19.8. The van der Waals surface area contributed by atoms with Crippen LogP contribution in [0.2, 0.25) is 5.02 Å². The second-order valence-electron chi connectivity index (χ2n) is 5.04. The Balaban J connectivity index is 2.07. The molecular weight excluding hydrogens is 420 g/mol. The summed E-state index contributed by atoms with van der Waals surface area (Å²) in [5.41, 5.74) is -4.46. The van der Waals surface area contributed by atoms with Gasteiger partial charge in [-0.1, -0.05) is 11.6 Å². The standard InChI is InChI=1S/C15H8ClF6N3OS/c16-10-7-9(26-14(17,18)19)3-4-11(10)25-13(24-5-1-2-6-24)12(8-23-25)27-15(20,21)22/h1-8H. The molecule has 0 unspecified atom stereocenters. The Hall–Kier alpha value is -2.27. The molecule has 0 aliphatic heterocycles. The molecule has 0 N–H and O–H groups in total. The molecule has 0 saturated carbocycles. The van der Waals surface area contributed by atoms with Gasteiger partial charge in [0.15, 0.2) is 5.82 Å². The van der Waals surface area contributed by atoms with Crippen molar-refractivity contribution < 1.29 is 31.1 Å². The third kappa shape index (κ3) is 4.72. The number of halogens is 7. The lowest BCUT2D eigenvalue weighted by Crippen LogP contribution is -2.17. The summed E-state index contributed by atoms with van der Waals surface area (Å²) in [6.45, 7) is 0. The minimum atomic E-state index is -4.90. The van der Waals surface area contributed by atoms with E-state index in [0.29, 0.717) is 0 Å². The van der Waals surface area contributed by atoms with Crippen molar-refractivity contribution in [2.24, 2.45) is 0 Å². The van der Waals surface area contributed by atoms with Crippen LogP contribution in [0.1, 0.15) is 0 Å². The molecule has 1 aromatic carbocycles. The van der Waals surface area contributed by atoms with Crippen molar-refractivity contribution in [1.82, 2.24) is 14.3 Å². The maximum Gasteiger partial charge on any atom is 0.573 e. The molecule has 0 aliphatic carbocycles. The van der Waals surface area contributed by atoms with Crippen molar-refractivity contribution in [3.63, 3.8) is 0 Å². The SMILES string of the molecule is FC(F)(F)Oc1ccc(-n2ncc(SC(F)(F)F)c2-n2cccc2)c(Cl)c1. The molecule has 27 heavy (non-hydrogen) atoms. The number of hydrogen-bond acceptors (Lipinski definition) is 3. The van der Waals surface area contributed by atoms with E-state index in [1.54, 1.807) is 12.1 Å². The number of alkyl halides is 6. The third-order valence-corrected chi connectivity index (χ3v) is 4.21. The van der Waals surface area contributed by atoms with Gasteiger partial charge in [-0.3, -0.25) is 0 Å². The van der Waals surface area contributed by atoms with Gasteiger partial charge in [0, 0.05) is 18.5 Å². The van der Waals surface area contributed by atoms with Crippen molar-refractivity contribution in [3.8, 4) is 17.3 Å². The topological polar surface area (TPSA) is 32.0 Å². The molecule has 2 aromatic heterocycles. The molecular formula is C15H8ClF6N3OS. The first kappa shape index (κ1) is 19.5. The lowest BCUT2D eigenvalue weighted by atomic mass is 10.3. The monoisotopic (exact) mass is 427 g/mol. The predicted molar refractivity (Wildman–Crippen MR) is 86.5 cm³/mol. The first-order chi connectivity index (χ1) is 12.5. The summed E-state index contributed by atoms with van der Waals surface area (Å²) in [6.07, 6.45) is -0.890. The van der Waals surface area contributed by atoms with Crippen LogP contribution in [0.25, 0.3) is 11.5 Å². The zero-order valence-electron chi connectivity index (χ0n) is 12.9. The molecule has 2 heterocycles. The highest BCUT2D eigenvalue weighted by atomic mass is 35.5. The lowest BCUT2D eigenvalue weighted by molar-refractivity contribution is -0.274. The van der Waals surface area contributed by atoms with Crippen molar-refractivity contribution in [1.29, 1.82) is 0 Å². The maximum atomic E-state index is 12.8. The molecule has 0 saturated heterocycles. The summed E-state index contributed by atoms with van der Waals surface area (Å²) in [5, 5.41) is 3.74. The van der Waals surface area contributed by atoms with Crippen molar-refractivity contribution >= 4 is 23.4 Å². The Morgan fingerprint density at radius 2 is 1.70 bits per heavy atom. The summed E-state index contributed by atoms with van der Waals surface area (Å²) in [6, 6.07) is 6.27. The molecule has 3 rings (SSSR count). The van der Waals surface area contributed by atoms with Crippen LogP contribution < -0.4 is 4.74 Å². The van der Waals surface area contributed by atoms with Crippen LogP contribution in [0, 0.1) is 0 Å². The van der Waals surface area contributed by atoms with Gasteiger partial charge in [-0.15, -0.1) is 13.2 Å². The fourth-order valence-corrected chi connectivity index (χ4v) is 3.15. The number of hydrogen-bond donors (Lipinski definition) is 0. The van der Waals surface area contributed by atoms with E-state index in [1.165, 1.54) is 23.0 Å². The van der Waals surface area contributed by atoms with Gasteiger partial charge in [0.05, 0.1) is 21.8 Å². The second-order valence-corrected chi connectivity index (χ2v) is 6.56. The van der Waals surface area contributed by atoms with Gasteiger partial charge in [0.2, 0.25) is 0 Å². The number of aromatic nitrogens is 3. The number of nitrogens with zero attached hydrogens (tertiary/aromatic N) is 3. The Kier molecular flexibility index (Phi) is 5.08. The van der Waals surface area contributed by atoms with Gasteiger partial charge in [0.1, 0.15) is 5.75 Å². The van der Waals surface area contributed by atoms with Crippen LogP contribution in [0.3, 0.4) is 0 Å². The van der Waals surface area contributed by atoms with Crippen LogP contribution in [0.4, 0.5) is 26.3 Å². The molecule has 0 bridgehead atoms. The first-order valence-corrected chi connectivity index (χ1v) is 8.26. The van der Waals surface area contributed by atoms with Gasteiger partial charge >= 0.3 is 11.9 Å². The van der Waals surface area contributed by atoms with Crippen LogP contribution in [0.5, 0.6) is 5.75 Å². The molecule has 0 fully saturated rings. The number of ether oxygens (including phenoxy) is 1. The Labute approximate surface area is 157 Å². The summed E-state index contributed by atoms with van der Waals surface area (Å²) >= 11 is 5.66. The number of rotatable bonds is 4. The average Bonchev–Trinajstić information content (AvgIpc) is 3.13. The Morgan fingerprint density at radius 3 is 2.26 bits per heavy atom. The minimum Gasteiger partial charge on any atom is -0.406 e. The van der Waals surface area contributed by atoms with Gasteiger partial charge < -0.3 is 9.30 Å². The predicted octanol–water partition coefficient (Wildman–Crippen LogP) is 5.83. The van der Waals surface area contributed by atoms with Crippen LogP contribution >= 0.6 is 23.4 Å². The van der Waals surface area contributed by atoms with Crippen molar-refractivity contribution in [3.05, 3.63) is 53.9 Å². The first-order valence-electron chi connectivity index (χ1n) is 7.06. The fourth-order valence-electron chi connectivity index (χ4n) is 2.27. The smallest absolute Gasteiger partial charge is 0.406 e. The number of thioether (sulfide) groups is 1. The molecule has 0 radical (unpaired) electrons. The molecule has 4 nitrogen and oxygen atoms in total.